The Labute approximate surface area is 179 Å². The third-order valence-electron chi connectivity index (χ3n) is 9.92. The van der Waals surface area contributed by atoms with E-state index in [4.69, 9.17) is 0 Å². The van der Waals surface area contributed by atoms with Crippen molar-refractivity contribution in [3.05, 3.63) is 36.0 Å². The lowest BCUT2D eigenvalue weighted by atomic mass is 9.45. The second-order valence-electron chi connectivity index (χ2n) is 11.7. The zero-order chi connectivity index (χ0) is 21.0. The van der Waals surface area contributed by atoms with Gasteiger partial charge >= 0.3 is 0 Å². The molecule has 1 nitrogen and oxygen atoms in total. The lowest BCUT2D eigenvalue weighted by molar-refractivity contribution is -0.117. The highest BCUT2D eigenvalue weighted by atomic mass is 16.1. The van der Waals surface area contributed by atoms with Crippen molar-refractivity contribution in [1.29, 1.82) is 0 Å². The van der Waals surface area contributed by atoms with Crippen molar-refractivity contribution in [1.82, 2.24) is 0 Å². The number of carbonyl (C=O) groups is 1. The standard InChI is InChI=1S/C28H42O/c1-18(2)19(3)7-8-20(4)23-9-11-25-24(23)10-12-26-27(5)16-14-22(29)17-21(27)13-15-28(25,26)6/h7-8,13,15,17-20,23-26H,9-12,14,16H2,1-6H3. The van der Waals surface area contributed by atoms with Gasteiger partial charge in [0.15, 0.2) is 5.78 Å². The Morgan fingerprint density at radius 1 is 1.03 bits per heavy atom. The summed E-state index contributed by atoms with van der Waals surface area (Å²) in [5.41, 5.74) is 1.83. The van der Waals surface area contributed by atoms with Gasteiger partial charge in [-0.05, 0) is 96.0 Å². The number of allylic oxidation sites excluding steroid dienone is 6. The van der Waals surface area contributed by atoms with Crippen molar-refractivity contribution in [3.63, 3.8) is 0 Å². The minimum Gasteiger partial charge on any atom is -0.295 e. The first kappa shape index (κ1) is 21.1. The van der Waals surface area contributed by atoms with Gasteiger partial charge in [0, 0.05) is 6.42 Å². The quantitative estimate of drug-likeness (QED) is 0.454. The molecule has 4 aliphatic rings. The SMILES string of the molecule is CC(C)C(C)C=CC(C)C1CCC2C1CCC1C3(C)CCC(=O)C=C3C=CC21C. The highest BCUT2D eigenvalue weighted by molar-refractivity contribution is 5.92. The normalized spacial score (nSPS) is 43.7. The third kappa shape index (κ3) is 3.41. The molecule has 160 valence electrons. The van der Waals surface area contributed by atoms with E-state index in [9.17, 15) is 4.79 Å². The van der Waals surface area contributed by atoms with Crippen molar-refractivity contribution in [2.24, 2.45) is 52.3 Å². The van der Waals surface area contributed by atoms with Crippen LogP contribution in [0.1, 0.15) is 80.1 Å². The summed E-state index contributed by atoms with van der Waals surface area (Å²) >= 11 is 0. The Hall–Kier alpha value is -1.11. The van der Waals surface area contributed by atoms with E-state index in [0.717, 1.165) is 36.5 Å². The molecule has 8 unspecified atom stereocenters. The number of hydrogen-bond acceptors (Lipinski definition) is 1. The summed E-state index contributed by atoms with van der Waals surface area (Å²) in [6, 6.07) is 0. The molecule has 1 heteroatoms. The minimum atomic E-state index is 0.207. The molecule has 29 heavy (non-hydrogen) atoms. The predicted octanol–water partition coefficient (Wildman–Crippen LogP) is 7.39. The van der Waals surface area contributed by atoms with Gasteiger partial charge in [-0.1, -0.05) is 65.8 Å². The van der Waals surface area contributed by atoms with Gasteiger partial charge in [0.2, 0.25) is 0 Å². The van der Waals surface area contributed by atoms with Crippen LogP contribution in [0.25, 0.3) is 0 Å². The van der Waals surface area contributed by atoms with Crippen LogP contribution in [-0.4, -0.2) is 5.78 Å². The molecule has 8 atom stereocenters. The summed E-state index contributed by atoms with van der Waals surface area (Å²) in [7, 11) is 0. The van der Waals surface area contributed by atoms with E-state index in [0.29, 0.717) is 29.0 Å². The van der Waals surface area contributed by atoms with Crippen molar-refractivity contribution in [3.8, 4) is 0 Å². The molecule has 0 spiro atoms. The molecular formula is C28H42O. The smallest absolute Gasteiger partial charge is 0.156 e. The van der Waals surface area contributed by atoms with Crippen molar-refractivity contribution in [2.45, 2.75) is 80.1 Å². The lowest BCUT2D eigenvalue weighted by Gasteiger charge is -2.58. The minimum absolute atomic E-state index is 0.207. The fourth-order valence-corrected chi connectivity index (χ4v) is 7.65. The molecule has 0 aromatic rings. The van der Waals surface area contributed by atoms with E-state index in [1.165, 1.54) is 31.3 Å². The van der Waals surface area contributed by atoms with Gasteiger partial charge < -0.3 is 0 Å². The summed E-state index contributed by atoms with van der Waals surface area (Å²) in [5.74, 6) is 5.65. The number of ketones is 1. The molecule has 0 amide bonds. The maximum atomic E-state index is 12.0. The lowest BCUT2D eigenvalue weighted by Crippen LogP contribution is -2.51. The molecule has 0 aromatic carbocycles. The fraction of sp³-hybridized carbons (Fsp3) is 0.750. The van der Waals surface area contributed by atoms with E-state index in [-0.39, 0.29) is 5.41 Å². The van der Waals surface area contributed by atoms with Gasteiger partial charge in [0.1, 0.15) is 0 Å². The molecule has 0 radical (unpaired) electrons. The predicted molar refractivity (Wildman–Crippen MR) is 122 cm³/mol. The van der Waals surface area contributed by atoms with E-state index in [1.54, 1.807) is 0 Å². The average Bonchev–Trinajstić information content (AvgIpc) is 3.12. The first-order chi connectivity index (χ1) is 13.7. The van der Waals surface area contributed by atoms with Crippen LogP contribution < -0.4 is 0 Å². The monoisotopic (exact) mass is 394 g/mol. The summed E-state index contributed by atoms with van der Waals surface area (Å²) in [5, 5.41) is 0. The van der Waals surface area contributed by atoms with Gasteiger partial charge in [0.25, 0.3) is 0 Å². The van der Waals surface area contributed by atoms with E-state index < -0.39 is 0 Å². The summed E-state index contributed by atoms with van der Waals surface area (Å²) in [6.07, 6.45) is 19.2. The third-order valence-corrected chi connectivity index (χ3v) is 9.92. The highest BCUT2D eigenvalue weighted by Crippen LogP contribution is 2.66. The summed E-state index contributed by atoms with van der Waals surface area (Å²) in [4.78, 5) is 12.0. The van der Waals surface area contributed by atoms with Gasteiger partial charge in [-0.3, -0.25) is 4.79 Å². The molecule has 2 saturated carbocycles. The maximum Gasteiger partial charge on any atom is 0.156 e. The van der Waals surface area contributed by atoms with Crippen LogP contribution in [0.15, 0.2) is 36.0 Å². The number of hydrogen-bond donors (Lipinski definition) is 0. The second-order valence-corrected chi connectivity index (χ2v) is 11.7. The van der Waals surface area contributed by atoms with Gasteiger partial charge in [0.05, 0.1) is 0 Å². The molecule has 0 bridgehead atoms. The highest BCUT2D eigenvalue weighted by Gasteiger charge is 2.58. The fourth-order valence-electron chi connectivity index (χ4n) is 7.65. The number of rotatable bonds is 4. The topological polar surface area (TPSA) is 17.1 Å². The van der Waals surface area contributed by atoms with Crippen LogP contribution in [0.5, 0.6) is 0 Å². The molecule has 4 rings (SSSR count). The largest absolute Gasteiger partial charge is 0.295 e. The van der Waals surface area contributed by atoms with Gasteiger partial charge in [-0.2, -0.15) is 0 Å². The number of carbonyl (C=O) groups excluding carboxylic acids is 1. The van der Waals surface area contributed by atoms with Crippen LogP contribution in [0, 0.1) is 52.3 Å². The average molecular weight is 395 g/mol. The van der Waals surface area contributed by atoms with Crippen LogP contribution in [0.2, 0.25) is 0 Å². The number of fused-ring (bicyclic) bond motifs is 5. The van der Waals surface area contributed by atoms with Crippen molar-refractivity contribution >= 4 is 5.78 Å². The molecular weight excluding hydrogens is 352 g/mol. The molecule has 0 N–H and O–H groups in total. The molecule has 0 aliphatic heterocycles. The zero-order valence-corrected chi connectivity index (χ0v) is 19.6. The van der Waals surface area contributed by atoms with Crippen LogP contribution in [0.3, 0.4) is 0 Å². The molecule has 4 aliphatic carbocycles. The molecule has 0 heterocycles. The first-order valence-corrected chi connectivity index (χ1v) is 12.3. The zero-order valence-electron chi connectivity index (χ0n) is 19.6. The Morgan fingerprint density at radius 3 is 2.52 bits per heavy atom. The van der Waals surface area contributed by atoms with Crippen LogP contribution >= 0.6 is 0 Å². The van der Waals surface area contributed by atoms with Crippen LogP contribution in [-0.2, 0) is 4.79 Å². The van der Waals surface area contributed by atoms with Gasteiger partial charge in [-0.25, -0.2) is 0 Å². The van der Waals surface area contributed by atoms with Crippen LogP contribution in [0.4, 0.5) is 0 Å². The van der Waals surface area contributed by atoms with E-state index in [2.05, 4.69) is 65.8 Å². The molecule has 0 aromatic heterocycles. The Morgan fingerprint density at radius 2 is 1.79 bits per heavy atom. The molecule has 0 saturated heterocycles. The Kier molecular flexibility index (Phi) is 5.50. The maximum absolute atomic E-state index is 12.0. The summed E-state index contributed by atoms with van der Waals surface area (Å²) < 4.78 is 0. The summed E-state index contributed by atoms with van der Waals surface area (Å²) in [6.45, 7) is 14.5. The van der Waals surface area contributed by atoms with Crippen molar-refractivity contribution in [2.75, 3.05) is 0 Å². The van der Waals surface area contributed by atoms with Gasteiger partial charge in [-0.15, -0.1) is 0 Å². The van der Waals surface area contributed by atoms with E-state index >= 15 is 0 Å². The second kappa shape index (κ2) is 7.54. The first-order valence-electron chi connectivity index (χ1n) is 12.3. The Bertz CT molecular complexity index is 739. The molecule has 2 fully saturated rings. The Balaban J connectivity index is 1.57. The van der Waals surface area contributed by atoms with E-state index in [1.807, 2.05) is 6.08 Å². The van der Waals surface area contributed by atoms with Crippen molar-refractivity contribution < 1.29 is 4.79 Å².